The molecule has 1 N–H and O–H groups in total. The summed E-state index contributed by atoms with van der Waals surface area (Å²) in [7, 11) is 0. The predicted octanol–water partition coefficient (Wildman–Crippen LogP) is 1.43. The van der Waals surface area contributed by atoms with E-state index in [-0.39, 0.29) is 12.0 Å². The van der Waals surface area contributed by atoms with Gasteiger partial charge in [-0.15, -0.1) is 11.3 Å². The van der Waals surface area contributed by atoms with E-state index in [2.05, 4.69) is 4.98 Å². The Balaban J connectivity index is 1.61. The number of carbonyl (C=O) groups excluding carboxylic acids is 1. The fourth-order valence-corrected chi connectivity index (χ4v) is 3.02. The number of β-amino-alcohol motifs (C(OH)–C–C–N with tert-alkyl or cyclic N) is 1. The van der Waals surface area contributed by atoms with Crippen LogP contribution in [-0.4, -0.2) is 40.1 Å². The Kier molecular flexibility index (Phi) is 3.01. The van der Waals surface area contributed by atoms with Gasteiger partial charge in [-0.1, -0.05) is 12.1 Å². The van der Waals surface area contributed by atoms with Gasteiger partial charge in [-0.05, 0) is 12.1 Å². The van der Waals surface area contributed by atoms with Gasteiger partial charge in [-0.3, -0.25) is 4.79 Å². The van der Waals surface area contributed by atoms with Crippen LogP contribution in [0, 0.1) is 0 Å². The number of amides is 1. The summed E-state index contributed by atoms with van der Waals surface area (Å²) >= 11 is 1.65. The number of aryl methyl sites for hydroxylation is 1. The van der Waals surface area contributed by atoms with Crippen LogP contribution < -0.4 is 0 Å². The number of hydrogen-bond donors (Lipinski definition) is 1. The van der Waals surface area contributed by atoms with Gasteiger partial charge >= 0.3 is 0 Å². The minimum absolute atomic E-state index is 0.111. The molecule has 0 bridgehead atoms. The van der Waals surface area contributed by atoms with Gasteiger partial charge in [0.1, 0.15) is 0 Å². The quantitative estimate of drug-likeness (QED) is 0.910. The summed E-state index contributed by atoms with van der Waals surface area (Å²) in [5.74, 6) is 0.111. The van der Waals surface area contributed by atoms with Gasteiger partial charge in [0.25, 0.3) is 0 Å². The third-order valence-electron chi connectivity index (χ3n) is 3.11. The van der Waals surface area contributed by atoms with Crippen LogP contribution in [0.2, 0.25) is 0 Å². The molecule has 3 rings (SSSR count). The van der Waals surface area contributed by atoms with E-state index in [0.29, 0.717) is 25.9 Å². The average Bonchev–Trinajstić information content (AvgIpc) is 2.74. The number of fused-ring (bicyclic) bond motifs is 1. The summed E-state index contributed by atoms with van der Waals surface area (Å²) in [6, 6.07) is 8.00. The van der Waals surface area contributed by atoms with Gasteiger partial charge in [0.15, 0.2) is 0 Å². The van der Waals surface area contributed by atoms with E-state index in [9.17, 15) is 4.79 Å². The summed E-state index contributed by atoms with van der Waals surface area (Å²) in [6.45, 7) is 0.970. The molecule has 4 nitrogen and oxygen atoms in total. The lowest BCUT2D eigenvalue weighted by Crippen LogP contribution is -2.53. The average molecular weight is 262 g/mol. The van der Waals surface area contributed by atoms with Gasteiger partial charge in [-0.25, -0.2) is 4.98 Å². The summed E-state index contributed by atoms with van der Waals surface area (Å²) < 4.78 is 1.17. The first-order valence-electron chi connectivity index (χ1n) is 6.02. The van der Waals surface area contributed by atoms with E-state index >= 15 is 0 Å². The van der Waals surface area contributed by atoms with Crippen LogP contribution in [0.25, 0.3) is 10.2 Å². The summed E-state index contributed by atoms with van der Waals surface area (Å²) in [5.41, 5.74) is 1.00. The zero-order valence-electron chi connectivity index (χ0n) is 9.87. The Labute approximate surface area is 109 Å². The SMILES string of the molecule is O=C(CCc1nc2ccccc2s1)N1CC(O)C1. The minimum atomic E-state index is -0.323. The number of hydrogen-bond acceptors (Lipinski definition) is 4. The van der Waals surface area contributed by atoms with Gasteiger partial charge in [0.2, 0.25) is 5.91 Å². The number of carbonyl (C=O) groups is 1. The third-order valence-corrected chi connectivity index (χ3v) is 4.20. The second-order valence-corrected chi connectivity index (χ2v) is 5.64. The van der Waals surface area contributed by atoms with Crippen molar-refractivity contribution in [3.8, 4) is 0 Å². The van der Waals surface area contributed by atoms with Crippen molar-refractivity contribution in [3.05, 3.63) is 29.3 Å². The number of aliphatic hydroxyl groups excluding tert-OH is 1. The molecule has 0 saturated carbocycles. The lowest BCUT2D eigenvalue weighted by Gasteiger charge is -2.35. The van der Waals surface area contributed by atoms with E-state index < -0.39 is 0 Å². The lowest BCUT2D eigenvalue weighted by atomic mass is 10.1. The van der Waals surface area contributed by atoms with Gasteiger partial charge in [-0.2, -0.15) is 0 Å². The molecular formula is C13H14N2O2S. The molecule has 1 aliphatic rings. The van der Waals surface area contributed by atoms with Crippen molar-refractivity contribution < 1.29 is 9.90 Å². The van der Waals surface area contributed by atoms with Crippen molar-refractivity contribution in [1.82, 2.24) is 9.88 Å². The number of thiazole rings is 1. The summed E-state index contributed by atoms with van der Waals surface area (Å²) in [4.78, 5) is 17.9. The Morgan fingerprint density at radius 3 is 2.94 bits per heavy atom. The molecule has 2 heterocycles. The molecule has 1 amide bonds. The van der Waals surface area contributed by atoms with E-state index in [4.69, 9.17) is 5.11 Å². The normalized spacial score (nSPS) is 15.9. The van der Waals surface area contributed by atoms with Crippen LogP contribution in [0.3, 0.4) is 0 Å². The number of benzene rings is 1. The highest BCUT2D eigenvalue weighted by Gasteiger charge is 2.28. The van der Waals surface area contributed by atoms with Gasteiger partial charge in [0, 0.05) is 25.9 Å². The smallest absolute Gasteiger partial charge is 0.223 e. The first-order valence-corrected chi connectivity index (χ1v) is 6.84. The number of aromatic nitrogens is 1. The predicted molar refractivity (Wildman–Crippen MR) is 70.5 cm³/mol. The summed E-state index contributed by atoms with van der Waals surface area (Å²) in [6.07, 6.45) is 0.841. The lowest BCUT2D eigenvalue weighted by molar-refractivity contribution is -0.141. The minimum Gasteiger partial charge on any atom is -0.389 e. The molecular weight excluding hydrogens is 248 g/mol. The largest absolute Gasteiger partial charge is 0.389 e. The van der Waals surface area contributed by atoms with Gasteiger partial charge < -0.3 is 10.0 Å². The first-order chi connectivity index (χ1) is 8.72. The fourth-order valence-electron chi connectivity index (χ4n) is 2.06. The van der Waals surface area contributed by atoms with Crippen molar-refractivity contribution in [3.63, 3.8) is 0 Å². The Bertz CT molecular complexity index is 542. The number of para-hydroxylation sites is 1. The number of aliphatic hydroxyl groups is 1. The molecule has 1 aliphatic heterocycles. The summed E-state index contributed by atoms with van der Waals surface area (Å²) in [5, 5.41) is 10.1. The second kappa shape index (κ2) is 4.66. The highest BCUT2D eigenvalue weighted by atomic mass is 32.1. The van der Waals surface area contributed by atoms with Crippen LogP contribution in [0.1, 0.15) is 11.4 Å². The Hall–Kier alpha value is -1.46. The van der Waals surface area contributed by atoms with Gasteiger partial charge in [0.05, 0.1) is 21.3 Å². The van der Waals surface area contributed by atoms with E-state index in [1.165, 1.54) is 4.70 Å². The molecule has 2 aromatic rings. The van der Waals surface area contributed by atoms with Crippen LogP contribution in [-0.2, 0) is 11.2 Å². The maximum absolute atomic E-state index is 11.8. The van der Waals surface area contributed by atoms with Crippen LogP contribution in [0.15, 0.2) is 24.3 Å². The zero-order chi connectivity index (χ0) is 12.5. The van der Waals surface area contributed by atoms with Crippen LogP contribution in [0.4, 0.5) is 0 Å². The highest BCUT2D eigenvalue weighted by Crippen LogP contribution is 2.22. The Morgan fingerprint density at radius 1 is 1.44 bits per heavy atom. The standard InChI is InChI=1S/C13H14N2O2S/c16-9-7-15(8-9)13(17)6-5-12-14-10-3-1-2-4-11(10)18-12/h1-4,9,16H,5-8H2. The number of rotatable bonds is 3. The molecule has 0 spiro atoms. The van der Waals surface area contributed by atoms with Crippen molar-refractivity contribution in [1.29, 1.82) is 0 Å². The van der Waals surface area contributed by atoms with Crippen molar-refractivity contribution in [2.75, 3.05) is 13.1 Å². The van der Waals surface area contributed by atoms with Crippen LogP contribution >= 0.6 is 11.3 Å². The second-order valence-electron chi connectivity index (χ2n) is 4.53. The molecule has 1 aromatic carbocycles. The van der Waals surface area contributed by atoms with E-state index in [0.717, 1.165) is 10.5 Å². The third kappa shape index (κ3) is 2.23. The van der Waals surface area contributed by atoms with Crippen molar-refractivity contribution in [2.45, 2.75) is 18.9 Å². The highest BCUT2D eigenvalue weighted by molar-refractivity contribution is 7.18. The first kappa shape index (κ1) is 11.6. The maximum atomic E-state index is 11.8. The van der Waals surface area contributed by atoms with E-state index in [1.54, 1.807) is 16.2 Å². The zero-order valence-corrected chi connectivity index (χ0v) is 10.7. The molecule has 0 unspecified atom stereocenters. The molecule has 0 atom stereocenters. The number of nitrogens with zero attached hydrogens (tertiary/aromatic N) is 2. The van der Waals surface area contributed by atoms with Crippen LogP contribution in [0.5, 0.6) is 0 Å². The molecule has 1 saturated heterocycles. The maximum Gasteiger partial charge on any atom is 0.223 e. The molecule has 5 heteroatoms. The molecule has 94 valence electrons. The van der Waals surface area contributed by atoms with E-state index in [1.807, 2.05) is 24.3 Å². The number of likely N-dealkylation sites (tertiary alicyclic amines) is 1. The van der Waals surface area contributed by atoms with Crippen molar-refractivity contribution in [2.24, 2.45) is 0 Å². The molecule has 0 aliphatic carbocycles. The Morgan fingerprint density at radius 2 is 2.22 bits per heavy atom. The topological polar surface area (TPSA) is 53.4 Å². The molecule has 18 heavy (non-hydrogen) atoms. The molecule has 0 radical (unpaired) electrons. The fraction of sp³-hybridized carbons (Fsp3) is 0.385. The molecule has 1 aromatic heterocycles. The monoisotopic (exact) mass is 262 g/mol. The van der Waals surface area contributed by atoms with Crippen molar-refractivity contribution >= 4 is 27.5 Å². The molecule has 1 fully saturated rings.